The number of hydrogen-bond acceptors (Lipinski definition) is 2. The van der Waals surface area contributed by atoms with Crippen LogP contribution in [0.2, 0.25) is 0 Å². The Morgan fingerprint density at radius 2 is 2.47 bits per heavy atom. The number of halogens is 1. The zero-order chi connectivity index (χ0) is 12.3. The molecule has 0 saturated heterocycles. The van der Waals surface area contributed by atoms with Crippen molar-refractivity contribution in [3.63, 3.8) is 0 Å². The Labute approximate surface area is 109 Å². The van der Waals surface area contributed by atoms with Crippen molar-refractivity contribution in [3.8, 4) is 0 Å². The maximum absolute atomic E-state index is 11.7. The van der Waals surface area contributed by atoms with Gasteiger partial charge in [0, 0.05) is 16.4 Å². The predicted molar refractivity (Wildman–Crippen MR) is 71.0 cm³/mol. The lowest BCUT2D eigenvalue weighted by atomic mass is 9.89. The third-order valence-electron chi connectivity index (χ3n) is 2.95. The standard InChI is InChI=1S/C12H16BrN3O/c1-8-3-2-4-10(5-8)15-16-12(17)11-6-9(13)7-14-11/h6-8,14H,2-5H2,1H3,(H,16,17)/b15-10+/t8-/m0/s1. The van der Waals surface area contributed by atoms with Crippen molar-refractivity contribution in [1.29, 1.82) is 0 Å². The van der Waals surface area contributed by atoms with Crippen LogP contribution in [0.25, 0.3) is 0 Å². The Morgan fingerprint density at radius 3 is 3.12 bits per heavy atom. The summed E-state index contributed by atoms with van der Waals surface area (Å²) >= 11 is 3.29. The van der Waals surface area contributed by atoms with Crippen molar-refractivity contribution < 1.29 is 4.79 Å². The second kappa shape index (κ2) is 5.49. The first-order chi connectivity index (χ1) is 8.15. The molecule has 1 aromatic heterocycles. The molecule has 0 aliphatic heterocycles. The summed E-state index contributed by atoms with van der Waals surface area (Å²) in [5.41, 5.74) is 4.22. The number of carbonyl (C=O) groups is 1. The highest BCUT2D eigenvalue weighted by Crippen LogP contribution is 2.21. The van der Waals surface area contributed by atoms with Crippen molar-refractivity contribution in [3.05, 3.63) is 22.4 Å². The minimum Gasteiger partial charge on any atom is -0.356 e. The quantitative estimate of drug-likeness (QED) is 0.810. The number of aromatic nitrogens is 1. The van der Waals surface area contributed by atoms with Crippen molar-refractivity contribution >= 4 is 27.5 Å². The van der Waals surface area contributed by atoms with E-state index in [2.05, 4.69) is 38.4 Å². The number of carbonyl (C=O) groups excluding carboxylic acids is 1. The molecule has 5 heteroatoms. The molecule has 17 heavy (non-hydrogen) atoms. The number of hydrogen-bond donors (Lipinski definition) is 2. The third-order valence-corrected chi connectivity index (χ3v) is 3.41. The van der Waals surface area contributed by atoms with Gasteiger partial charge in [-0.3, -0.25) is 4.79 Å². The topological polar surface area (TPSA) is 57.2 Å². The molecular formula is C12H16BrN3O. The molecular weight excluding hydrogens is 282 g/mol. The van der Waals surface area contributed by atoms with Crippen LogP contribution in [0, 0.1) is 5.92 Å². The van der Waals surface area contributed by atoms with Crippen LogP contribution in [0.15, 0.2) is 21.8 Å². The van der Waals surface area contributed by atoms with Gasteiger partial charge in [0.2, 0.25) is 0 Å². The molecule has 1 aromatic rings. The molecule has 1 fully saturated rings. The van der Waals surface area contributed by atoms with Crippen molar-refractivity contribution in [1.82, 2.24) is 10.4 Å². The molecule has 0 unspecified atom stereocenters. The molecule has 1 heterocycles. The summed E-state index contributed by atoms with van der Waals surface area (Å²) in [6.45, 7) is 2.22. The summed E-state index contributed by atoms with van der Waals surface area (Å²) in [4.78, 5) is 14.6. The van der Waals surface area contributed by atoms with Gasteiger partial charge in [-0.25, -0.2) is 5.43 Å². The van der Waals surface area contributed by atoms with Gasteiger partial charge in [0.15, 0.2) is 0 Å². The molecule has 1 aliphatic rings. The van der Waals surface area contributed by atoms with Gasteiger partial charge in [-0.2, -0.15) is 5.10 Å². The molecule has 0 radical (unpaired) electrons. The lowest BCUT2D eigenvalue weighted by Gasteiger charge is -2.18. The average Bonchev–Trinajstić information content (AvgIpc) is 2.73. The van der Waals surface area contributed by atoms with E-state index in [4.69, 9.17) is 0 Å². The lowest BCUT2D eigenvalue weighted by Crippen LogP contribution is -2.22. The van der Waals surface area contributed by atoms with Crippen LogP contribution in [-0.2, 0) is 0 Å². The van der Waals surface area contributed by atoms with Gasteiger partial charge in [-0.1, -0.05) is 6.92 Å². The molecule has 92 valence electrons. The van der Waals surface area contributed by atoms with Gasteiger partial charge in [-0.15, -0.1) is 0 Å². The van der Waals surface area contributed by atoms with Gasteiger partial charge in [-0.05, 0) is 53.6 Å². The van der Waals surface area contributed by atoms with Gasteiger partial charge < -0.3 is 4.98 Å². The number of amides is 1. The minimum atomic E-state index is -0.193. The Hall–Kier alpha value is -1.10. The monoisotopic (exact) mass is 297 g/mol. The molecule has 2 N–H and O–H groups in total. The fourth-order valence-electron chi connectivity index (χ4n) is 2.05. The summed E-state index contributed by atoms with van der Waals surface area (Å²) < 4.78 is 0.863. The first-order valence-electron chi connectivity index (χ1n) is 5.85. The number of aromatic amines is 1. The van der Waals surface area contributed by atoms with Gasteiger partial charge in [0.05, 0.1) is 0 Å². The first-order valence-corrected chi connectivity index (χ1v) is 6.64. The Balaban J connectivity index is 1.93. The van der Waals surface area contributed by atoms with Crippen molar-refractivity contribution in [2.24, 2.45) is 11.0 Å². The number of H-pyrrole nitrogens is 1. The molecule has 0 aromatic carbocycles. The molecule has 1 amide bonds. The van der Waals surface area contributed by atoms with Gasteiger partial charge in [0.25, 0.3) is 5.91 Å². The molecule has 1 aliphatic carbocycles. The highest BCUT2D eigenvalue weighted by molar-refractivity contribution is 9.10. The second-order valence-corrected chi connectivity index (χ2v) is 5.47. The molecule has 1 saturated carbocycles. The Morgan fingerprint density at radius 1 is 1.65 bits per heavy atom. The fraction of sp³-hybridized carbons (Fsp3) is 0.500. The fourth-order valence-corrected chi connectivity index (χ4v) is 2.39. The largest absolute Gasteiger partial charge is 0.356 e. The number of rotatable bonds is 2. The number of nitrogens with zero attached hydrogens (tertiary/aromatic N) is 1. The number of hydrazone groups is 1. The highest BCUT2D eigenvalue weighted by Gasteiger charge is 2.14. The summed E-state index contributed by atoms with van der Waals surface area (Å²) in [6, 6.07) is 1.74. The number of nitrogens with one attached hydrogen (secondary N) is 2. The molecule has 0 spiro atoms. The summed E-state index contributed by atoms with van der Waals surface area (Å²) in [6.07, 6.45) is 6.15. The molecule has 4 nitrogen and oxygen atoms in total. The van der Waals surface area contributed by atoms with E-state index < -0.39 is 0 Å². The minimum absolute atomic E-state index is 0.193. The van der Waals surface area contributed by atoms with Crippen LogP contribution in [-0.4, -0.2) is 16.6 Å². The predicted octanol–water partition coefficient (Wildman–Crippen LogP) is 3.07. The average molecular weight is 298 g/mol. The van der Waals surface area contributed by atoms with Gasteiger partial charge >= 0.3 is 0 Å². The van der Waals surface area contributed by atoms with E-state index in [1.807, 2.05) is 0 Å². The van der Waals surface area contributed by atoms with Crippen LogP contribution < -0.4 is 5.43 Å². The van der Waals surface area contributed by atoms with Crippen LogP contribution in [0.1, 0.15) is 43.1 Å². The maximum Gasteiger partial charge on any atom is 0.287 e. The summed E-state index contributed by atoms with van der Waals surface area (Å²) in [5, 5.41) is 4.20. The Bertz CT molecular complexity index is 439. The van der Waals surface area contributed by atoms with Crippen LogP contribution in [0.4, 0.5) is 0 Å². The molecule has 2 rings (SSSR count). The SMILES string of the molecule is C[C@H]1CCC/C(=N\NC(=O)c2cc(Br)c[nH]2)C1. The van der Waals surface area contributed by atoms with Crippen molar-refractivity contribution in [2.75, 3.05) is 0 Å². The molecule has 1 atom stereocenters. The van der Waals surface area contributed by atoms with E-state index in [1.165, 1.54) is 12.8 Å². The second-order valence-electron chi connectivity index (χ2n) is 4.55. The lowest BCUT2D eigenvalue weighted by molar-refractivity contribution is 0.0950. The maximum atomic E-state index is 11.7. The normalized spacial score (nSPS) is 22.7. The zero-order valence-electron chi connectivity index (χ0n) is 9.79. The third kappa shape index (κ3) is 3.43. The smallest absolute Gasteiger partial charge is 0.287 e. The molecule has 0 bridgehead atoms. The van der Waals surface area contributed by atoms with E-state index in [1.54, 1.807) is 12.3 Å². The van der Waals surface area contributed by atoms with Crippen LogP contribution in [0.5, 0.6) is 0 Å². The van der Waals surface area contributed by atoms with E-state index in [0.717, 1.165) is 23.0 Å². The zero-order valence-corrected chi connectivity index (χ0v) is 11.4. The van der Waals surface area contributed by atoms with E-state index in [0.29, 0.717) is 11.6 Å². The van der Waals surface area contributed by atoms with E-state index in [9.17, 15) is 4.79 Å². The summed E-state index contributed by atoms with van der Waals surface area (Å²) in [7, 11) is 0. The first kappa shape index (κ1) is 12.4. The van der Waals surface area contributed by atoms with E-state index >= 15 is 0 Å². The summed E-state index contributed by atoms with van der Waals surface area (Å²) in [5.74, 6) is 0.487. The van der Waals surface area contributed by atoms with Crippen LogP contribution in [0.3, 0.4) is 0 Å². The Kier molecular flexibility index (Phi) is 3.99. The highest BCUT2D eigenvalue weighted by atomic mass is 79.9. The van der Waals surface area contributed by atoms with E-state index in [-0.39, 0.29) is 5.91 Å². The van der Waals surface area contributed by atoms with Crippen molar-refractivity contribution in [2.45, 2.75) is 32.6 Å². The van der Waals surface area contributed by atoms with Crippen LogP contribution >= 0.6 is 15.9 Å². The van der Waals surface area contributed by atoms with Gasteiger partial charge in [0.1, 0.15) is 5.69 Å².